The summed E-state index contributed by atoms with van der Waals surface area (Å²) in [7, 11) is 0. The Balaban J connectivity index is 2.01. The molecular formula is C20H14BrClN2O5S. The molecule has 0 atom stereocenters. The van der Waals surface area contributed by atoms with Gasteiger partial charge < -0.3 is 10.1 Å². The average molecular weight is 510 g/mol. The van der Waals surface area contributed by atoms with Crippen molar-refractivity contribution in [3.8, 4) is 11.1 Å². The maximum Gasteiger partial charge on any atom is 0.341 e. The Hall–Kier alpha value is -2.75. The van der Waals surface area contributed by atoms with E-state index in [4.69, 9.17) is 16.3 Å². The second kappa shape index (κ2) is 9.38. The van der Waals surface area contributed by atoms with Crippen molar-refractivity contribution < 1.29 is 19.2 Å². The average Bonchev–Trinajstić information content (AvgIpc) is 3.12. The summed E-state index contributed by atoms with van der Waals surface area (Å²) >= 11 is 10.6. The van der Waals surface area contributed by atoms with Gasteiger partial charge in [0.05, 0.1) is 22.1 Å². The van der Waals surface area contributed by atoms with Crippen molar-refractivity contribution in [1.82, 2.24) is 0 Å². The van der Waals surface area contributed by atoms with E-state index in [0.717, 1.165) is 27.4 Å². The molecule has 0 fully saturated rings. The number of esters is 1. The summed E-state index contributed by atoms with van der Waals surface area (Å²) in [6.45, 7) is 1.85. The topological polar surface area (TPSA) is 98.5 Å². The number of hydrogen-bond donors (Lipinski definition) is 1. The Morgan fingerprint density at radius 2 is 1.93 bits per heavy atom. The summed E-state index contributed by atoms with van der Waals surface area (Å²) in [5, 5.41) is 15.7. The van der Waals surface area contributed by atoms with Crippen LogP contribution in [0.25, 0.3) is 11.1 Å². The highest BCUT2D eigenvalue weighted by Gasteiger charge is 2.24. The first-order valence-electron chi connectivity index (χ1n) is 8.61. The third kappa shape index (κ3) is 4.69. The van der Waals surface area contributed by atoms with Gasteiger partial charge in [-0.15, -0.1) is 11.3 Å². The Morgan fingerprint density at radius 3 is 2.57 bits per heavy atom. The summed E-state index contributed by atoms with van der Waals surface area (Å²) in [4.78, 5) is 35.8. The number of anilines is 1. The molecule has 0 aliphatic rings. The number of rotatable bonds is 6. The molecule has 1 heterocycles. The second-order valence-electron chi connectivity index (χ2n) is 5.96. The molecule has 1 aromatic heterocycles. The van der Waals surface area contributed by atoms with Crippen molar-refractivity contribution in [2.75, 3.05) is 11.9 Å². The zero-order valence-electron chi connectivity index (χ0n) is 15.5. The Morgan fingerprint density at radius 1 is 1.23 bits per heavy atom. The van der Waals surface area contributed by atoms with Crippen molar-refractivity contribution in [2.45, 2.75) is 6.92 Å². The third-order valence-electron chi connectivity index (χ3n) is 4.06. The molecule has 0 radical (unpaired) electrons. The van der Waals surface area contributed by atoms with Crippen LogP contribution < -0.4 is 5.32 Å². The minimum Gasteiger partial charge on any atom is -0.462 e. The lowest BCUT2D eigenvalue weighted by Crippen LogP contribution is -2.15. The van der Waals surface area contributed by atoms with Crippen LogP contribution in [0.5, 0.6) is 0 Å². The van der Waals surface area contributed by atoms with Gasteiger partial charge in [0.2, 0.25) is 0 Å². The highest BCUT2D eigenvalue weighted by atomic mass is 79.9. The predicted molar refractivity (Wildman–Crippen MR) is 119 cm³/mol. The molecule has 0 bridgehead atoms. The molecular weight excluding hydrogens is 496 g/mol. The van der Waals surface area contributed by atoms with Crippen LogP contribution >= 0.6 is 38.9 Å². The normalized spacial score (nSPS) is 10.5. The Kier molecular flexibility index (Phi) is 6.86. The predicted octanol–water partition coefficient (Wildman–Crippen LogP) is 6.17. The highest BCUT2D eigenvalue weighted by Crippen LogP contribution is 2.37. The molecule has 0 unspecified atom stereocenters. The number of nitro groups is 1. The Labute approximate surface area is 188 Å². The molecule has 2 aromatic carbocycles. The highest BCUT2D eigenvalue weighted by molar-refractivity contribution is 9.10. The van der Waals surface area contributed by atoms with Crippen molar-refractivity contribution in [3.63, 3.8) is 0 Å². The molecule has 3 aromatic rings. The number of halogens is 2. The molecule has 0 saturated heterocycles. The number of nitrogens with zero attached hydrogens (tertiary/aromatic N) is 1. The van der Waals surface area contributed by atoms with Gasteiger partial charge in [0.15, 0.2) is 0 Å². The summed E-state index contributed by atoms with van der Waals surface area (Å²) in [6.07, 6.45) is 0. The van der Waals surface area contributed by atoms with Gasteiger partial charge in [-0.1, -0.05) is 39.7 Å². The molecule has 1 amide bonds. The van der Waals surface area contributed by atoms with Crippen molar-refractivity contribution in [3.05, 3.63) is 78.6 Å². The smallest absolute Gasteiger partial charge is 0.341 e. The maximum atomic E-state index is 12.8. The number of nitrogens with one attached hydrogen (secondary N) is 1. The van der Waals surface area contributed by atoms with Crippen LogP contribution in [0.1, 0.15) is 27.6 Å². The van der Waals surface area contributed by atoms with E-state index in [9.17, 15) is 19.7 Å². The molecule has 0 spiro atoms. The van der Waals surface area contributed by atoms with Gasteiger partial charge in [-0.05, 0) is 30.7 Å². The lowest BCUT2D eigenvalue weighted by molar-refractivity contribution is -0.384. The van der Waals surface area contributed by atoms with Crippen LogP contribution in [0, 0.1) is 10.1 Å². The summed E-state index contributed by atoms with van der Waals surface area (Å²) in [5.41, 5.74) is 1.24. The first-order chi connectivity index (χ1) is 14.3. The number of benzene rings is 2. The number of amides is 1. The van der Waals surface area contributed by atoms with Crippen LogP contribution in [0.4, 0.5) is 10.7 Å². The molecule has 1 N–H and O–H groups in total. The number of carbonyl (C=O) groups excluding carboxylic acids is 2. The number of non-ortho nitro benzene ring substituents is 1. The molecule has 0 aliphatic carbocycles. The van der Waals surface area contributed by atoms with Crippen molar-refractivity contribution >= 4 is 61.4 Å². The first-order valence-corrected chi connectivity index (χ1v) is 10.7. The van der Waals surface area contributed by atoms with E-state index in [2.05, 4.69) is 21.2 Å². The van der Waals surface area contributed by atoms with E-state index in [0.29, 0.717) is 5.56 Å². The zero-order valence-corrected chi connectivity index (χ0v) is 18.6. The zero-order chi connectivity index (χ0) is 21.8. The van der Waals surface area contributed by atoms with Gasteiger partial charge in [0.1, 0.15) is 10.6 Å². The summed E-state index contributed by atoms with van der Waals surface area (Å²) in [6, 6.07) is 10.9. The fourth-order valence-corrected chi connectivity index (χ4v) is 4.09. The lowest BCUT2D eigenvalue weighted by Gasteiger charge is -2.09. The van der Waals surface area contributed by atoms with Gasteiger partial charge in [-0.25, -0.2) is 4.79 Å². The van der Waals surface area contributed by atoms with E-state index in [1.165, 1.54) is 12.1 Å². The molecule has 10 heteroatoms. The lowest BCUT2D eigenvalue weighted by atomic mass is 10.0. The largest absolute Gasteiger partial charge is 0.462 e. The van der Waals surface area contributed by atoms with E-state index >= 15 is 0 Å². The fourth-order valence-electron chi connectivity index (χ4n) is 2.67. The van der Waals surface area contributed by atoms with Crippen LogP contribution in [0.2, 0.25) is 5.02 Å². The summed E-state index contributed by atoms with van der Waals surface area (Å²) < 4.78 is 6.05. The number of hydrogen-bond acceptors (Lipinski definition) is 6. The summed E-state index contributed by atoms with van der Waals surface area (Å²) in [5.74, 6) is -1.25. The number of nitro benzene ring substituents is 1. The van der Waals surface area contributed by atoms with Gasteiger partial charge in [-0.2, -0.15) is 0 Å². The van der Waals surface area contributed by atoms with Gasteiger partial charge in [-0.3, -0.25) is 14.9 Å². The van der Waals surface area contributed by atoms with Gasteiger partial charge >= 0.3 is 5.97 Å². The minimum atomic E-state index is -0.668. The number of thiophene rings is 1. The third-order valence-corrected chi connectivity index (χ3v) is 5.81. The quantitative estimate of drug-likeness (QED) is 0.243. The molecule has 30 heavy (non-hydrogen) atoms. The van der Waals surface area contributed by atoms with Crippen molar-refractivity contribution in [1.29, 1.82) is 0 Å². The van der Waals surface area contributed by atoms with Crippen molar-refractivity contribution in [2.24, 2.45) is 0 Å². The number of carbonyl (C=O) groups is 2. The van der Waals surface area contributed by atoms with E-state index < -0.39 is 16.8 Å². The van der Waals surface area contributed by atoms with E-state index in [-0.39, 0.29) is 33.4 Å². The molecule has 0 aliphatic heterocycles. The van der Waals surface area contributed by atoms with Crippen LogP contribution in [0.3, 0.4) is 0 Å². The maximum absolute atomic E-state index is 12.8. The fraction of sp³-hybridized carbons (Fsp3) is 0.100. The van der Waals surface area contributed by atoms with E-state index in [1.807, 2.05) is 24.3 Å². The van der Waals surface area contributed by atoms with Gasteiger partial charge in [0, 0.05) is 27.5 Å². The SMILES string of the molecule is CCOC(=O)c1c(-c2ccc(Br)cc2)csc1NC(=O)c1cc([N+](=O)[O-])ccc1Cl. The van der Waals surface area contributed by atoms with Crippen LogP contribution in [-0.4, -0.2) is 23.4 Å². The van der Waals surface area contributed by atoms with E-state index in [1.54, 1.807) is 12.3 Å². The first kappa shape index (κ1) is 21.9. The molecule has 0 saturated carbocycles. The molecule has 7 nitrogen and oxygen atoms in total. The number of ether oxygens (including phenoxy) is 1. The molecule has 3 rings (SSSR count). The molecule has 154 valence electrons. The Bertz CT molecular complexity index is 1130. The standard InChI is InChI=1S/C20H14BrClN2O5S/c1-2-29-20(26)17-15(11-3-5-12(21)6-4-11)10-30-19(17)23-18(25)14-9-13(24(27)28)7-8-16(14)22/h3-10H,2H2,1H3,(H,23,25). The monoisotopic (exact) mass is 508 g/mol. The van der Waals surface area contributed by atoms with Gasteiger partial charge in [0.25, 0.3) is 11.6 Å². The van der Waals surface area contributed by atoms with Crippen LogP contribution in [0.15, 0.2) is 52.3 Å². The second-order valence-corrected chi connectivity index (χ2v) is 8.16. The van der Waals surface area contributed by atoms with Crippen LogP contribution in [-0.2, 0) is 4.74 Å². The minimum absolute atomic E-state index is 0.0560.